The van der Waals surface area contributed by atoms with Crippen LogP contribution < -0.4 is 0 Å². The van der Waals surface area contributed by atoms with Gasteiger partial charge in [-0.1, -0.05) is 73.4 Å². The molecule has 2 rings (SSSR count). The molecule has 0 unspecified atom stereocenters. The lowest BCUT2D eigenvalue weighted by molar-refractivity contribution is 0.0980. The van der Waals surface area contributed by atoms with E-state index in [2.05, 4.69) is 5.92 Å². The van der Waals surface area contributed by atoms with Gasteiger partial charge in [0.2, 0.25) is 0 Å². The second-order valence-electron chi connectivity index (χ2n) is 4.78. The molecule has 0 aliphatic heterocycles. The number of Topliss-reactive ketones (excluding diaryl/α,β-unsaturated/α-hetero) is 2. The number of hydrogen-bond acceptors (Lipinski definition) is 2. The van der Waals surface area contributed by atoms with E-state index in [1.807, 2.05) is 48.5 Å². The third-order valence-corrected chi connectivity index (χ3v) is 3.18. The minimum absolute atomic E-state index is 0.0463. The Morgan fingerprint density at radius 1 is 0.724 bits per heavy atom. The lowest BCUT2D eigenvalue weighted by Crippen LogP contribution is -1.95. The van der Waals surface area contributed by atoms with Gasteiger partial charge in [-0.3, -0.25) is 9.59 Å². The zero-order valence-corrected chi connectivity index (χ0v) is 19.3. The summed E-state index contributed by atoms with van der Waals surface area (Å²) in [5, 5.41) is 0. The number of carbonyl (C=O) groups is 2. The van der Waals surface area contributed by atoms with Crippen molar-refractivity contribution in [2.75, 3.05) is 0 Å². The van der Waals surface area contributed by atoms with Gasteiger partial charge >= 0.3 is 0 Å². The maximum Gasteiger partial charge on any atom is 0.162 e. The molecule has 3 heteroatoms. The highest BCUT2D eigenvalue weighted by Gasteiger charge is 2.01. The van der Waals surface area contributed by atoms with E-state index in [-0.39, 0.29) is 17.4 Å². The zero-order valence-electron chi connectivity index (χ0n) is 19.3. The summed E-state index contributed by atoms with van der Waals surface area (Å²) >= 11 is 0. The van der Waals surface area contributed by atoms with Gasteiger partial charge in [-0.25, -0.2) is 4.39 Å². The highest BCUT2D eigenvalue weighted by molar-refractivity contribution is 5.96. The largest absolute Gasteiger partial charge is 0.294 e. The summed E-state index contributed by atoms with van der Waals surface area (Å²) in [6.45, 7) is 15.6. The molecule has 0 spiro atoms. The molecule has 0 aliphatic carbocycles. The molecule has 0 aromatic heterocycles. The summed E-state index contributed by atoms with van der Waals surface area (Å²) in [4.78, 5) is 22.2. The van der Waals surface area contributed by atoms with Crippen molar-refractivity contribution < 1.29 is 14.0 Å². The topological polar surface area (TPSA) is 34.1 Å². The molecule has 0 bridgehead atoms. The Labute approximate surface area is 177 Å². The second kappa shape index (κ2) is 21.6. The van der Waals surface area contributed by atoms with Crippen molar-refractivity contribution in [2.24, 2.45) is 0 Å². The van der Waals surface area contributed by atoms with Gasteiger partial charge in [0.15, 0.2) is 11.6 Å². The summed E-state index contributed by atoms with van der Waals surface area (Å²) in [7, 11) is 0. The highest BCUT2D eigenvalue weighted by Crippen LogP contribution is 2.06. The monoisotopic (exact) mass is 400 g/mol. The summed E-state index contributed by atoms with van der Waals surface area (Å²) in [6.07, 6.45) is 6.17. The molecular formula is C26H37FO2. The summed E-state index contributed by atoms with van der Waals surface area (Å²) in [5.41, 5.74) is 2.12. The van der Waals surface area contributed by atoms with Crippen LogP contribution in [0.2, 0.25) is 0 Å². The first-order chi connectivity index (χ1) is 14.0. The molecule has 0 N–H and O–H groups in total. The quantitative estimate of drug-likeness (QED) is 0.388. The van der Waals surface area contributed by atoms with Gasteiger partial charge in [0.05, 0.1) is 0 Å². The standard InChI is InChI=1S/C11H10O.C9H9FO.3C2H6/c1-3-9-5-7-10(8-6-9)11(12)4-2;1-2-9(11)7-3-5-8(10)6-4-7;3*1-2/h1,5-8H,4H2,2H3;3-6H,2H2,1H3;3*1-2H3. The van der Waals surface area contributed by atoms with E-state index in [0.717, 1.165) is 11.1 Å². The predicted molar refractivity (Wildman–Crippen MR) is 124 cm³/mol. The average Bonchev–Trinajstić information content (AvgIpc) is 2.83. The molecule has 0 atom stereocenters. The summed E-state index contributed by atoms with van der Waals surface area (Å²) < 4.78 is 12.3. The van der Waals surface area contributed by atoms with Crippen LogP contribution in [0.5, 0.6) is 0 Å². The Bertz CT molecular complexity index is 693. The van der Waals surface area contributed by atoms with Gasteiger partial charge in [-0.2, -0.15) is 0 Å². The van der Waals surface area contributed by atoms with Gasteiger partial charge in [-0.05, 0) is 36.4 Å². The number of ketones is 2. The van der Waals surface area contributed by atoms with Crippen molar-refractivity contribution in [2.45, 2.75) is 68.2 Å². The Morgan fingerprint density at radius 3 is 1.31 bits per heavy atom. The first-order valence-electron chi connectivity index (χ1n) is 10.4. The lowest BCUT2D eigenvalue weighted by Gasteiger charge is -1.96. The number of hydrogen-bond donors (Lipinski definition) is 0. The van der Waals surface area contributed by atoms with Gasteiger partial charge in [-0.15, -0.1) is 6.42 Å². The summed E-state index contributed by atoms with van der Waals surface area (Å²) in [6, 6.07) is 12.7. The Balaban J connectivity index is -0.000000371. The zero-order chi connectivity index (χ0) is 23.2. The van der Waals surface area contributed by atoms with Gasteiger partial charge in [0.1, 0.15) is 5.82 Å². The van der Waals surface area contributed by atoms with Crippen molar-refractivity contribution in [1.82, 2.24) is 0 Å². The third-order valence-electron chi connectivity index (χ3n) is 3.18. The fraction of sp³-hybridized carbons (Fsp3) is 0.385. The average molecular weight is 401 g/mol. The fourth-order valence-corrected chi connectivity index (χ4v) is 1.80. The molecule has 2 nitrogen and oxygen atoms in total. The number of halogens is 1. The van der Waals surface area contributed by atoms with Gasteiger partial charge < -0.3 is 0 Å². The molecule has 160 valence electrons. The number of terminal acetylenes is 1. The van der Waals surface area contributed by atoms with E-state index in [9.17, 15) is 14.0 Å². The molecule has 29 heavy (non-hydrogen) atoms. The molecule has 0 heterocycles. The van der Waals surface area contributed by atoms with Crippen LogP contribution in [0.3, 0.4) is 0 Å². The maximum absolute atomic E-state index is 12.3. The number of carbonyl (C=O) groups excluding carboxylic acids is 2. The maximum atomic E-state index is 12.3. The minimum atomic E-state index is -0.308. The molecule has 0 amide bonds. The molecule has 2 aromatic carbocycles. The van der Waals surface area contributed by atoms with Crippen LogP contribution in [-0.4, -0.2) is 11.6 Å². The van der Waals surface area contributed by atoms with Crippen LogP contribution in [0.4, 0.5) is 4.39 Å². The van der Waals surface area contributed by atoms with Crippen LogP contribution in [0, 0.1) is 18.2 Å². The first-order valence-corrected chi connectivity index (χ1v) is 10.4. The van der Waals surface area contributed by atoms with Crippen molar-refractivity contribution in [3.8, 4) is 12.3 Å². The molecule has 0 radical (unpaired) electrons. The van der Waals surface area contributed by atoms with Crippen molar-refractivity contribution in [3.63, 3.8) is 0 Å². The van der Waals surface area contributed by atoms with Crippen molar-refractivity contribution in [3.05, 3.63) is 71.0 Å². The SMILES string of the molecule is C#Cc1ccc(C(=O)CC)cc1.CC.CC.CC.CCC(=O)c1ccc(F)cc1. The lowest BCUT2D eigenvalue weighted by atomic mass is 10.1. The van der Waals surface area contributed by atoms with Crippen LogP contribution >= 0.6 is 0 Å². The predicted octanol–water partition coefficient (Wildman–Crippen LogP) is 7.76. The van der Waals surface area contributed by atoms with E-state index >= 15 is 0 Å². The Morgan fingerprint density at radius 2 is 1.03 bits per heavy atom. The molecular weight excluding hydrogens is 363 g/mol. The third kappa shape index (κ3) is 14.0. The molecule has 2 aromatic rings. The second-order valence-corrected chi connectivity index (χ2v) is 4.78. The normalized spacial score (nSPS) is 8.00. The Kier molecular flexibility index (Phi) is 23.0. The molecule has 0 aliphatic rings. The van der Waals surface area contributed by atoms with E-state index < -0.39 is 0 Å². The smallest absolute Gasteiger partial charge is 0.162 e. The van der Waals surface area contributed by atoms with Crippen molar-refractivity contribution in [1.29, 1.82) is 0 Å². The van der Waals surface area contributed by atoms with Crippen LogP contribution in [0.25, 0.3) is 0 Å². The van der Waals surface area contributed by atoms with Crippen LogP contribution in [0.1, 0.15) is 94.5 Å². The molecule has 0 saturated carbocycles. The number of benzene rings is 2. The molecule has 0 saturated heterocycles. The van der Waals surface area contributed by atoms with Crippen molar-refractivity contribution >= 4 is 11.6 Å². The van der Waals surface area contributed by atoms with Crippen LogP contribution in [-0.2, 0) is 0 Å². The summed E-state index contributed by atoms with van der Waals surface area (Å²) in [5.74, 6) is 2.39. The minimum Gasteiger partial charge on any atom is -0.294 e. The van der Waals surface area contributed by atoms with E-state index in [4.69, 9.17) is 6.42 Å². The highest BCUT2D eigenvalue weighted by atomic mass is 19.1. The molecule has 0 fully saturated rings. The van der Waals surface area contributed by atoms with Gasteiger partial charge in [0.25, 0.3) is 0 Å². The fourth-order valence-electron chi connectivity index (χ4n) is 1.80. The van der Waals surface area contributed by atoms with Gasteiger partial charge in [0, 0.05) is 29.5 Å². The van der Waals surface area contributed by atoms with E-state index in [1.54, 1.807) is 31.2 Å². The first kappa shape index (κ1) is 31.0. The number of rotatable bonds is 4. The van der Waals surface area contributed by atoms with E-state index in [1.165, 1.54) is 24.3 Å². The van der Waals surface area contributed by atoms with E-state index in [0.29, 0.717) is 18.4 Å². The Hall–Kier alpha value is -2.73. The van der Waals surface area contributed by atoms with Crippen LogP contribution in [0.15, 0.2) is 48.5 Å².